The van der Waals surface area contributed by atoms with Crippen LogP contribution in [-0.2, 0) is 22.6 Å². The summed E-state index contributed by atoms with van der Waals surface area (Å²) in [4.78, 5) is 0.00898. The lowest BCUT2D eigenvalue weighted by molar-refractivity contribution is -0.141. The third-order valence-electron chi connectivity index (χ3n) is 2.86. The molecule has 0 bridgehead atoms. The van der Waals surface area contributed by atoms with Crippen molar-refractivity contribution in [2.45, 2.75) is 17.6 Å². The minimum absolute atomic E-state index is 0.00898. The Balaban J connectivity index is 2.09. The molecule has 0 unspecified atom stereocenters. The van der Waals surface area contributed by atoms with E-state index in [9.17, 15) is 21.6 Å². The predicted octanol–water partition coefficient (Wildman–Crippen LogP) is 2.25. The molecule has 0 saturated carbocycles. The lowest BCUT2D eigenvalue weighted by Gasteiger charge is -2.05. The SMILES string of the molecule is N#Cc1ccc(S(=O)(=O)CCn2ccc(C(F)(F)F)n2)cc1. The smallest absolute Gasteiger partial charge is 0.271 e. The predicted molar refractivity (Wildman–Crippen MR) is 70.4 cm³/mol. The maximum Gasteiger partial charge on any atom is 0.435 e. The topological polar surface area (TPSA) is 75.8 Å². The van der Waals surface area contributed by atoms with E-state index in [1.54, 1.807) is 0 Å². The Morgan fingerprint density at radius 3 is 2.32 bits per heavy atom. The quantitative estimate of drug-likeness (QED) is 0.862. The van der Waals surface area contributed by atoms with Gasteiger partial charge in [0.2, 0.25) is 0 Å². The second kappa shape index (κ2) is 5.81. The van der Waals surface area contributed by atoms with Crippen molar-refractivity contribution in [2.24, 2.45) is 0 Å². The number of alkyl halides is 3. The van der Waals surface area contributed by atoms with Crippen LogP contribution in [-0.4, -0.2) is 24.0 Å². The van der Waals surface area contributed by atoms with Gasteiger partial charge < -0.3 is 0 Å². The molecule has 0 fully saturated rings. The van der Waals surface area contributed by atoms with Crippen molar-refractivity contribution in [1.82, 2.24) is 9.78 Å². The van der Waals surface area contributed by atoms with E-state index in [0.717, 1.165) is 16.9 Å². The summed E-state index contributed by atoms with van der Waals surface area (Å²) in [7, 11) is -3.66. The van der Waals surface area contributed by atoms with Crippen molar-refractivity contribution < 1.29 is 21.6 Å². The van der Waals surface area contributed by atoms with E-state index in [1.807, 2.05) is 6.07 Å². The standard InChI is InChI=1S/C13H10F3N3O2S/c14-13(15,16)12-5-6-19(18-12)7-8-22(20,21)11-3-1-10(9-17)2-4-11/h1-6H,7-8H2. The van der Waals surface area contributed by atoms with E-state index in [0.29, 0.717) is 5.56 Å². The summed E-state index contributed by atoms with van der Waals surface area (Å²) in [5.74, 6) is -0.391. The van der Waals surface area contributed by atoms with Gasteiger partial charge in [0.05, 0.1) is 28.8 Å². The second-order valence-electron chi connectivity index (χ2n) is 4.42. The third kappa shape index (κ3) is 3.65. The first-order valence-electron chi connectivity index (χ1n) is 6.06. The Bertz CT molecular complexity index is 802. The molecule has 0 saturated heterocycles. The van der Waals surface area contributed by atoms with Gasteiger partial charge in [-0.15, -0.1) is 0 Å². The highest BCUT2D eigenvalue weighted by molar-refractivity contribution is 7.91. The summed E-state index contributed by atoms with van der Waals surface area (Å²) < 4.78 is 62.2. The van der Waals surface area contributed by atoms with E-state index >= 15 is 0 Å². The molecular formula is C13H10F3N3O2S. The van der Waals surface area contributed by atoms with Crippen LogP contribution in [0.4, 0.5) is 13.2 Å². The van der Waals surface area contributed by atoms with Gasteiger partial charge in [0, 0.05) is 6.20 Å². The van der Waals surface area contributed by atoms with E-state index in [2.05, 4.69) is 5.10 Å². The van der Waals surface area contributed by atoms with E-state index in [4.69, 9.17) is 5.26 Å². The molecule has 0 aliphatic heterocycles. The second-order valence-corrected chi connectivity index (χ2v) is 6.53. The van der Waals surface area contributed by atoms with Crippen molar-refractivity contribution >= 4 is 9.84 Å². The molecule has 0 N–H and O–H groups in total. The fraction of sp³-hybridized carbons (Fsp3) is 0.231. The average Bonchev–Trinajstić information content (AvgIpc) is 2.94. The molecule has 0 spiro atoms. The molecule has 1 aromatic heterocycles. The highest BCUT2D eigenvalue weighted by Crippen LogP contribution is 2.27. The monoisotopic (exact) mass is 329 g/mol. The molecule has 1 heterocycles. The first-order valence-corrected chi connectivity index (χ1v) is 7.71. The normalized spacial score (nSPS) is 12.1. The number of sulfone groups is 1. The van der Waals surface area contributed by atoms with Crippen LogP contribution in [0.3, 0.4) is 0 Å². The molecule has 0 aliphatic rings. The van der Waals surface area contributed by atoms with Crippen LogP contribution < -0.4 is 0 Å². The van der Waals surface area contributed by atoms with Gasteiger partial charge in [-0.1, -0.05) is 0 Å². The zero-order valence-corrected chi connectivity index (χ0v) is 11.9. The van der Waals surface area contributed by atoms with Gasteiger partial charge in [-0.05, 0) is 30.3 Å². The van der Waals surface area contributed by atoms with Crippen LogP contribution in [0.15, 0.2) is 41.4 Å². The number of nitrogens with zero attached hydrogens (tertiary/aromatic N) is 3. The molecule has 0 aliphatic carbocycles. The summed E-state index contributed by atoms with van der Waals surface area (Å²) in [6.45, 7) is -0.196. The van der Waals surface area contributed by atoms with Gasteiger partial charge in [-0.2, -0.15) is 23.5 Å². The first kappa shape index (κ1) is 16.0. The van der Waals surface area contributed by atoms with Gasteiger partial charge in [0.15, 0.2) is 15.5 Å². The molecule has 2 aromatic rings. The minimum atomic E-state index is -4.56. The number of hydrogen-bond acceptors (Lipinski definition) is 4. The van der Waals surface area contributed by atoms with Crippen molar-refractivity contribution in [3.8, 4) is 6.07 Å². The van der Waals surface area contributed by atoms with Crippen LogP contribution in [0.5, 0.6) is 0 Å². The first-order chi connectivity index (χ1) is 10.2. The fourth-order valence-electron chi connectivity index (χ4n) is 1.71. The molecule has 0 atom stereocenters. The van der Waals surface area contributed by atoms with E-state index < -0.39 is 27.5 Å². The molecule has 5 nitrogen and oxygen atoms in total. The average molecular weight is 329 g/mol. The molecule has 2 rings (SSSR count). The number of nitriles is 1. The molecule has 9 heteroatoms. The third-order valence-corrected chi connectivity index (χ3v) is 4.57. The van der Waals surface area contributed by atoms with Crippen molar-refractivity contribution in [3.05, 3.63) is 47.8 Å². The molecule has 22 heavy (non-hydrogen) atoms. The van der Waals surface area contributed by atoms with E-state index in [1.165, 1.54) is 24.3 Å². The Hall–Kier alpha value is -2.34. The van der Waals surface area contributed by atoms with Crippen molar-refractivity contribution in [1.29, 1.82) is 5.26 Å². The zero-order valence-electron chi connectivity index (χ0n) is 11.1. The number of aromatic nitrogens is 2. The van der Waals surface area contributed by atoms with Gasteiger partial charge in [-0.25, -0.2) is 8.42 Å². The summed E-state index contributed by atoms with van der Waals surface area (Å²) in [5.41, 5.74) is -0.746. The van der Waals surface area contributed by atoms with Gasteiger partial charge >= 0.3 is 6.18 Å². The summed E-state index contributed by atoms with van der Waals surface area (Å²) in [5, 5.41) is 11.9. The number of hydrogen-bond donors (Lipinski definition) is 0. The molecular weight excluding hydrogens is 319 g/mol. The number of halogens is 3. The summed E-state index contributed by atoms with van der Waals surface area (Å²) in [6.07, 6.45) is -3.48. The van der Waals surface area contributed by atoms with Gasteiger partial charge in [0.1, 0.15) is 0 Å². The summed E-state index contributed by atoms with van der Waals surface area (Å²) >= 11 is 0. The van der Waals surface area contributed by atoms with Crippen LogP contribution in [0.1, 0.15) is 11.3 Å². The maximum absolute atomic E-state index is 12.4. The lowest BCUT2D eigenvalue weighted by atomic mass is 10.2. The van der Waals surface area contributed by atoms with Gasteiger partial charge in [0.25, 0.3) is 0 Å². The molecule has 0 amide bonds. The van der Waals surface area contributed by atoms with E-state index in [-0.39, 0.29) is 11.4 Å². The van der Waals surface area contributed by atoms with Gasteiger partial charge in [-0.3, -0.25) is 4.68 Å². The number of benzene rings is 1. The Morgan fingerprint density at radius 1 is 1.18 bits per heavy atom. The lowest BCUT2D eigenvalue weighted by Crippen LogP contribution is -2.15. The van der Waals surface area contributed by atoms with Crippen LogP contribution in [0.2, 0.25) is 0 Å². The fourth-order valence-corrected chi connectivity index (χ4v) is 2.92. The largest absolute Gasteiger partial charge is 0.435 e. The molecule has 0 radical (unpaired) electrons. The maximum atomic E-state index is 12.4. The van der Waals surface area contributed by atoms with Crippen LogP contribution in [0, 0.1) is 11.3 Å². The van der Waals surface area contributed by atoms with Crippen LogP contribution in [0.25, 0.3) is 0 Å². The number of aryl methyl sites for hydroxylation is 1. The van der Waals surface area contributed by atoms with Crippen LogP contribution >= 0.6 is 0 Å². The van der Waals surface area contributed by atoms with Crippen molar-refractivity contribution in [2.75, 3.05) is 5.75 Å². The molecule has 116 valence electrons. The molecule has 1 aromatic carbocycles. The zero-order chi connectivity index (χ0) is 16.4. The summed E-state index contributed by atoms with van der Waals surface area (Å²) in [6, 6.07) is 7.96. The Labute approximate surface area is 124 Å². The minimum Gasteiger partial charge on any atom is -0.271 e. The number of rotatable bonds is 4. The highest BCUT2D eigenvalue weighted by Gasteiger charge is 2.33. The highest BCUT2D eigenvalue weighted by atomic mass is 32.2. The Morgan fingerprint density at radius 2 is 1.82 bits per heavy atom. The Kier molecular flexibility index (Phi) is 4.23. The van der Waals surface area contributed by atoms with Crippen molar-refractivity contribution in [3.63, 3.8) is 0 Å².